The van der Waals surface area contributed by atoms with Crippen LogP contribution in [-0.2, 0) is 14.8 Å². The summed E-state index contributed by atoms with van der Waals surface area (Å²) in [7, 11) is -3.86. The van der Waals surface area contributed by atoms with E-state index in [-0.39, 0.29) is 11.0 Å². The number of hydrogen-bond acceptors (Lipinski definition) is 6. The Morgan fingerprint density at radius 3 is 2.33 bits per heavy atom. The largest absolute Gasteiger partial charge is 0.459 e. The number of aromatic amines is 1. The molecule has 33 heavy (non-hydrogen) atoms. The van der Waals surface area contributed by atoms with Gasteiger partial charge < -0.3 is 15.0 Å². The van der Waals surface area contributed by atoms with Gasteiger partial charge >= 0.3 is 5.97 Å². The van der Waals surface area contributed by atoms with E-state index >= 15 is 0 Å². The summed E-state index contributed by atoms with van der Waals surface area (Å²) in [5.74, 6) is 0.00539. The van der Waals surface area contributed by atoms with E-state index in [9.17, 15) is 13.2 Å². The number of anilines is 3. The highest BCUT2D eigenvalue weighted by Gasteiger charge is 2.17. The summed E-state index contributed by atoms with van der Waals surface area (Å²) in [5.41, 5.74) is 2.62. The van der Waals surface area contributed by atoms with E-state index < -0.39 is 16.0 Å². The highest BCUT2D eigenvalue weighted by Crippen LogP contribution is 2.24. The molecule has 0 atom stereocenters. The van der Waals surface area contributed by atoms with Crippen LogP contribution in [0.15, 0.2) is 71.6 Å². The van der Waals surface area contributed by atoms with Crippen LogP contribution >= 0.6 is 11.6 Å². The minimum atomic E-state index is -3.86. The normalized spacial score (nSPS) is 11.5. The molecule has 0 saturated carbocycles. The number of imidazole rings is 1. The topological polar surface area (TPSA) is 113 Å². The molecule has 3 N–H and O–H groups in total. The van der Waals surface area contributed by atoms with E-state index in [2.05, 4.69) is 20.0 Å². The molecule has 0 unspecified atom stereocenters. The van der Waals surface area contributed by atoms with Gasteiger partial charge in [0.05, 0.1) is 27.6 Å². The summed E-state index contributed by atoms with van der Waals surface area (Å²) in [6.45, 7) is 3.52. The lowest BCUT2D eigenvalue weighted by Crippen LogP contribution is -2.14. The van der Waals surface area contributed by atoms with Crippen LogP contribution in [0.4, 0.5) is 17.3 Å². The van der Waals surface area contributed by atoms with Gasteiger partial charge in [0, 0.05) is 16.4 Å². The summed E-state index contributed by atoms with van der Waals surface area (Å²) in [4.78, 5) is 19.5. The van der Waals surface area contributed by atoms with Gasteiger partial charge in [-0.15, -0.1) is 0 Å². The van der Waals surface area contributed by atoms with Gasteiger partial charge in [0.1, 0.15) is 0 Å². The Morgan fingerprint density at radius 2 is 1.67 bits per heavy atom. The van der Waals surface area contributed by atoms with Crippen molar-refractivity contribution in [2.75, 3.05) is 10.0 Å². The van der Waals surface area contributed by atoms with Crippen LogP contribution in [0.3, 0.4) is 0 Å². The number of ether oxygens (including phenoxy) is 1. The lowest BCUT2D eigenvalue weighted by Gasteiger charge is -2.10. The van der Waals surface area contributed by atoms with Crippen LogP contribution in [0.2, 0.25) is 5.02 Å². The standard InChI is InChI=1S/C23H21ClN4O4S/c1-14(2)32-22(29)15-3-7-18(8-4-15)28-33(30,31)19-11-12-20-21(13-19)27-23(26-20)25-17-9-5-16(24)6-10-17/h3-14,28H,1-2H3,(H2,25,26,27). The predicted octanol–water partition coefficient (Wildman–Crippen LogP) is 5.33. The molecule has 10 heteroatoms. The summed E-state index contributed by atoms with van der Waals surface area (Å²) in [5, 5.41) is 3.74. The van der Waals surface area contributed by atoms with Gasteiger partial charge in [-0.25, -0.2) is 18.2 Å². The average Bonchev–Trinajstić information content (AvgIpc) is 3.16. The Kier molecular flexibility index (Phi) is 6.26. The second-order valence-electron chi connectivity index (χ2n) is 7.53. The second kappa shape index (κ2) is 9.13. The SMILES string of the molecule is CC(C)OC(=O)c1ccc(NS(=O)(=O)c2ccc3nc(Nc4ccc(Cl)cc4)[nH]c3c2)cc1. The number of nitrogens with zero attached hydrogens (tertiary/aromatic N) is 1. The molecular weight excluding hydrogens is 464 g/mol. The number of halogens is 1. The van der Waals surface area contributed by atoms with E-state index in [0.717, 1.165) is 5.69 Å². The average molecular weight is 485 g/mol. The third kappa shape index (κ3) is 5.44. The fourth-order valence-corrected chi connectivity index (χ4v) is 4.27. The Hall–Kier alpha value is -3.56. The molecular formula is C23H21ClN4O4S. The zero-order valence-corrected chi connectivity index (χ0v) is 19.4. The first-order chi connectivity index (χ1) is 15.7. The van der Waals surface area contributed by atoms with Gasteiger partial charge in [0.2, 0.25) is 5.95 Å². The minimum Gasteiger partial charge on any atom is -0.459 e. The van der Waals surface area contributed by atoms with Gasteiger partial charge in [-0.3, -0.25) is 4.72 Å². The number of sulfonamides is 1. The maximum absolute atomic E-state index is 12.9. The fraction of sp³-hybridized carbons (Fsp3) is 0.130. The molecule has 0 aliphatic rings. The number of rotatable bonds is 7. The summed E-state index contributed by atoms with van der Waals surface area (Å²) >= 11 is 5.90. The molecule has 1 heterocycles. The lowest BCUT2D eigenvalue weighted by atomic mass is 10.2. The minimum absolute atomic E-state index is 0.0694. The van der Waals surface area contributed by atoms with Crippen LogP contribution in [0.1, 0.15) is 24.2 Å². The van der Waals surface area contributed by atoms with E-state index in [0.29, 0.717) is 33.3 Å². The van der Waals surface area contributed by atoms with Crippen molar-refractivity contribution in [3.63, 3.8) is 0 Å². The van der Waals surface area contributed by atoms with Crippen LogP contribution in [0.25, 0.3) is 11.0 Å². The van der Waals surface area contributed by atoms with E-state index in [1.54, 1.807) is 32.0 Å². The van der Waals surface area contributed by atoms with Crippen molar-refractivity contribution < 1.29 is 17.9 Å². The molecule has 0 spiro atoms. The van der Waals surface area contributed by atoms with Gasteiger partial charge in [0.15, 0.2) is 0 Å². The maximum atomic E-state index is 12.9. The molecule has 0 aliphatic heterocycles. The number of carbonyl (C=O) groups is 1. The fourth-order valence-electron chi connectivity index (χ4n) is 3.06. The van der Waals surface area contributed by atoms with E-state index in [4.69, 9.17) is 16.3 Å². The third-order valence-corrected chi connectivity index (χ3v) is 6.22. The van der Waals surface area contributed by atoms with Gasteiger partial charge in [-0.1, -0.05) is 11.6 Å². The number of carbonyl (C=O) groups excluding carboxylic acids is 1. The summed E-state index contributed by atoms with van der Waals surface area (Å²) in [6, 6.07) is 17.8. The van der Waals surface area contributed by atoms with Crippen molar-refractivity contribution in [1.82, 2.24) is 9.97 Å². The molecule has 3 aromatic carbocycles. The first-order valence-corrected chi connectivity index (χ1v) is 11.9. The molecule has 8 nitrogen and oxygen atoms in total. The van der Waals surface area contributed by atoms with Crippen molar-refractivity contribution in [3.8, 4) is 0 Å². The number of aromatic nitrogens is 2. The monoisotopic (exact) mass is 484 g/mol. The zero-order valence-electron chi connectivity index (χ0n) is 17.8. The number of esters is 1. The Morgan fingerprint density at radius 1 is 1.00 bits per heavy atom. The highest BCUT2D eigenvalue weighted by atomic mass is 35.5. The van der Waals surface area contributed by atoms with Crippen molar-refractivity contribution in [3.05, 3.63) is 77.3 Å². The quantitative estimate of drug-likeness (QED) is 0.306. The molecule has 4 rings (SSSR count). The molecule has 4 aromatic rings. The summed E-state index contributed by atoms with van der Waals surface area (Å²) < 4.78 is 33.4. The number of benzene rings is 3. The third-order valence-electron chi connectivity index (χ3n) is 4.59. The van der Waals surface area contributed by atoms with Crippen LogP contribution < -0.4 is 10.0 Å². The number of hydrogen-bond donors (Lipinski definition) is 3. The Balaban J connectivity index is 1.51. The number of nitrogens with one attached hydrogen (secondary N) is 3. The molecule has 0 saturated heterocycles. The van der Waals surface area contributed by atoms with Crippen molar-refractivity contribution >= 4 is 56.0 Å². The second-order valence-corrected chi connectivity index (χ2v) is 9.65. The Labute approximate surface area is 196 Å². The highest BCUT2D eigenvalue weighted by molar-refractivity contribution is 7.92. The molecule has 170 valence electrons. The first-order valence-electron chi connectivity index (χ1n) is 10.1. The molecule has 0 fully saturated rings. The van der Waals surface area contributed by atoms with E-state index in [1.165, 1.54) is 36.4 Å². The van der Waals surface area contributed by atoms with Crippen molar-refractivity contribution in [1.29, 1.82) is 0 Å². The molecule has 0 radical (unpaired) electrons. The van der Waals surface area contributed by atoms with Gasteiger partial charge in [-0.05, 0) is 80.6 Å². The first kappa shape index (κ1) is 22.6. The Bertz CT molecular complexity index is 1400. The maximum Gasteiger partial charge on any atom is 0.338 e. The molecule has 1 aromatic heterocycles. The smallest absolute Gasteiger partial charge is 0.338 e. The number of fused-ring (bicyclic) bond motifs is 1. The van der Waals surface area contributed by atoms with E-state index in [1.807, 2.05) is 12.1 Å². The number of H-pyrrole nitrogens is 1. The molecule has 0 bridgehead atoms. The zero-order chi connectivity index (χ0) is 23.6. The molecule has 0 aliphatic carbocycles. The summed E-state index contributed by atoms with van der Waals surface area (Å²) in [6.07, 6.45) is -0.241. The van der Waals surface area contributed by atoms with Gasteiger partial charge in [-0.2, -0.15) is 0 Å². The van der Waals surface area contributed by atoms with Crippen molar-refractivity contribution in [2.24, 2.45) is 0 Å². The lowest BCUT2D eigenvalue weighted by molar-refractivity contribution is 0.0378. The van der Waals surface area contributed by atoms with Crippen LogP contribution in [0.5, 0.6) is 0 Å². The van der Waals surface area contributed by atoms with Crippen LogP contribution in [-0.4, -0.2) is 30.5 Å². The molecule has 0 amide bonds. The van der Waals surface area contributed by atoms with Gasteiger partial charge in [0.25, 0.3) is 10.0 Å². The van der Waals surface area contributed by atoms with Crippen molar-refractivity contribution in [2.45, 2.75) is 24.8 Å². The van der Waals surface area contributed by atoms with Crippen LogP contribution in [0, 0.1) is 0 Å². The predicted molar refractivity (Wildman–Crippen MR) is 129 cm³/mol.